The molecule has 0 bridgehead atoms. The van der Waals surface area contributed by atoms with Gasteiger partial charge >= 0.3 is 0 Å². The molecule has 0 heterocycles. The molecule has 1 fully saturated rings. The van der Waals surface area contributed by atoms with Gasteiger partial charge in [-0.05, 0) is 42.9 Å². The van der Waals surface area contributed by atoms with Crippen LogP contribution in [0.2, 0.25) is 0 Å². The lowest BCUT2D eigenvalue weighted by Crippen LogP contribution is -2.09. The molecule has 1 aliphatic carbocycles. The quantitative estimate of drug-likeness (QED) is 0.805. The number of nitrogens with two attached hydrogens (primary N) is 1. The fraction of sp³-hybridized carbons (Fsp3) is 0.571. The van der Waals surface area contributed by atoms with Gasteiger partial charge in [0.25, 0.3) is 0 Å². The number of rotatable bonds is 2. The van der Waals surface area contributed by atoms with Gasteiger partial charge in [-0.2, -0.15) is 0 Å². The number of halogens is 1. The summed E-state index contributed by atoms with van der Waals surface area (Å²) < 4.78 is 13.9. The van der Waals surface area contributed by atoms with Gasteiger partial charge in [-0.3, -0.25) is 0 Å². The highest BCUT2D eigenvalue weighted by molar-refractivity contribution is 5.29. The number of benzene rings is 1. The second-order valence-electron chi connectivity index (χ2n) is 4.90. The summed E-state index contributed by atoms with van der Waals surface area (Å²) in [4.78, 5) is 0. The van der Waals surface area contributed by atoms with Crippen LogP contribution in [0.4, 0.5) is 4.39 Å². The second-order valence-corrected chi connectivity index (χ2v) is 4.90. The van der Waals surface area contributed by atoms with E-state index in [1.165, 1.54) is 19.3 Å². The van der Waals surface area contributed by atoms with Gasteiger partial charge in [0, 0.05) is 6.04 Å². The Kier molecular flexibility index (Phi) is 3.59. The third-order valence-electron chi connectivity index (χ3n) is 3.60. The van der Waals surface area contributed by atoms with Crippen molar-refractivity contribution in [2.75, 3.05) is 0 Å². The van der Waals surface area contributed by atoms with Gasteiger partial charge in [0.2, 0.25) is 0 Å². The van der Waals surface area contributed by atoms with Gasteiger partial charge < -0.3 is 5.73 Å². The summed E-state index contributed by atoms with van der Waals surface area (Å²) in [7, 11) is 0. The van der Waals surface area contributed by atoms with E-state index in [2.05, 4.69) is 0 Å². The van der Waals surface area contributed by atoms with Crippen LogP contribution >= 0.6 is 0 Å². The van der Waals surface area contributed by atoms with Gasteiger partial charge in [-0.25, -0.2) is 4.39 Å². The van der Waals surface area contributed by atoms with E-state index in [0.717, 1.165) is 24.0 Å². The highest BCUT2D eigenvalue weighted by atomic mass is 19.1. The zero-order chi connectivity index (χ0) is 11.5. The van der Waals surface area contributed by atoms with Crippen molar-refractivity contribution in [3.8, 4) is 0 Å². The average molecular weight is 221 g/mol. The normalized spacial score (nSPS) is 19.7. The first-order valence-electron chi connectivity index (χ1n) is 6.23. The fourth-order valence-corrected chi connectivity index (χ4v) is 2.57. The van der Waals surface area contributed by atoms with E-state index in [1.54, 1.807) is 6.07 Å². The summed E-state index contributed by atoms with van der Waals surface area (Å²) in [5.41, 5.74) is 7.52. The molecule has 0 saturated heterocycles. The Morgan fingerprint density at radius 3 is 2.50 bits per heavy atom. The maximum absolute atomic E-state index is 13.9. The molecular weight excluding hydrogens is 201 g/mol. The van der Waals surface area contributed by atoms with Gasteiger partial charge in [0.15, 0.2) is 0 Å². The van der Waals surface area contributed by atoms with Crippen LogP contribution in [-0.2, 0) is 0 Å². The van der Waals surface area contributed by atoms with Crippen molar-refractivity contribution in [1.82, 2.24) is 0 Å². The minimum atomic E-state index is -0.0881. The van der Waals surface area contributed by atoms with Crippen LogP contribution in [0.25, 0.3) is 0 Å². The lowest BCUT2D eigenvalue weighted by atomic mass is 9.83. The highest BCUT2D eigenvalue weighted by Crippen LogP contribution is 2.34. The van der Waals surface area contributed by atoms with E-state index in [4.69, 9.17) is 5.73 Å². The molecule has 16 heavy (non-hydrogen) atoms. The summed E-state index contributed by atoms with van der Waals surface area (Å²) in [6.45, 7) is 1.88. The van der Waals surface area contributed by atoms with Crippen LogP contribution in [0.3, 0.4) is 0 Å². The Hall–Kier alpha value is -0.890. The smallest absolute Gasteiger partial charge is 0.127 e. The molecule has 0 amide bonds. The molecule has 1 unspecified atom stereocenters. The zero-order valence-electron chi connectivity index (χ0n) is 9.88. The predicted molar refractivity (Wildman–Crippen MR) is 64.8 cm³/mol. The van der Waals surface area contributed by atoms with E-state index in [9.17, 15) is 4.39 Å². The fourth-order valence-electron chi connectivity index (χ4n) is 2.57. The van der Waals surface area contributed by atoms with Crippen molar-refractivity contribution in [1.29, 1.82) is 0 Å². The first-order chi connectivity index (χ1) is 7.68. The van der Waals surface area contributed by atoms with Crippen LogP contribution < -0.4 is 5.73 Å². The van der Waals surface area contributed by atoms with E-state index in [1.807, 2.05) is 19.1 Å². The third kappa shape index (κ3) is 2.43. The Balaban J connectivity index is 2.21. The molecule has 2 N–H and O–H groups in total. The summed E-state index contributed by atoms with van der Waals surface area (Å²) in [6.07, 6.45) is 6.04. The Labute approximate surface area is 96.9 Å². The Morgan fingerprint density at radius 2 is 1.94 bits per heavy atom. The number of hydrogen-bond acceptors (Lipinski definition) is 1. The highest BCUT2D eigenvalue weighted by Gasteiger charge is 2.19. The van der Waals surface area contributed by atoms with Crippen molar-refractivity contribution in [2.24, 2.45) is 5.73 Å². The Morgan fingerprint density at radius 1 is 1.25 bits per heavy atom. The van der Waals surface area contributed by atoms with Crippen LogP contribution in [-0.4, -0.2) is 0 Å². The van der Waals surface area contributed by atoms with Crippen LogP contribution in [0, 0.1) is 5.82 Å². The minimum Gasteiger partial charge on any atom is -0.324 e. The molecule has 1 atom stereocenters. The molecule has 0 radical (unpaired) electrons. The first-order valence-corrected chi connectivity index (χ1v) is 6.23. The minimum absolute atomic E-state index is 0.0679. The van der Waals surface area contributed by atoms with Crippen LogP contribution in [0.5, 0.6) is 0 Å². The molecule has 2 rings (SSSR count). The SMILES string of the molecule is CC(N)c1ccc(C2CCCCC2)c(F)c1. The molecule has 1 nitrogen and oxygen atoms in total. The van der Waals surface area contributed by atoms with Crippen molar-refractivity contribution in [3.63, 3.8) is 0 Å². The van der Waals surface area contributed by atoms with Crippen molar-refractivity contribution in [3.05, 3.63) is 35.1 Å². The van der Waals surface area contributed by atoms with Crippen molar-refractivity contribution < 1.29 is 4.39 Å². The van der Waals surface area contributed by atoms with Gasteiger partial charge in [-0.1, -0.05) is 31.4 Å². The molecule has 1 aromatic rings. The molecule has 2 heteroatoms. The number of hydrogen-bond donors (Lipinski definition) is 1. The largest absolute Gasteiger partial charge is 0.324 e. The Bertz CT molecular complexity index is 354. The second kappa shape index (κ2) is 4.96. The molecule has 88 valence electrons. The van der Waals surface area contributed by atoms with E-state index in [-0.39, 0.29) is 11.9 Å². The van der Waals surface area contributed by atoms with Gasteiger partial charge in [0.1, 0.15) is 5.82 Å². The molecule has 0 aromatic heterocycles. The summed E-state index contributed by atoms with van der Waals surface area (Å²) >= 11 is 0. The average Bonchev–Trinajstić information content (AvgIpc) is 2.30. The summed E-state index contributed by atoms with van der Waals surface area (Å²) in [5.74, 6) is 0.359. The lowest BCUT2D eigenvalue weighted by molar-refractivity contribution is 0.429. The lowest BCUT2D eigenvalue weighted by Gasteiger charge is -2.22. The standard InChI is InChI=1S/C14H20FN/c1-10(16)12-7-8-13(14(15)9-12)11-5-3-2-4-6-11/h7-11H,2-6,16H2,1H3. The maximum Gasteiger partial charge on any atom is 0.127 e. The molecular formula is C14H20FN. The molecule has 0 aliphatic heterocycles. The maximum atomic E-state index is 13.9. The van der Waals surface area contributed by atoms with Crippen LogP contribution in [0.15, 0.2) is 18.2 Å². The third-order valence-corrected chi connectivity index (χ3v) is 3.60. The molecule has 1 aromatic carbocycles. The van der Waals surface area contributed by atoms with E-state index >= 15 is 0 Å². The zero-order valence-corrected chi connectivity index (χ0v) is 9.88. The summed E-state index contributed by atoms with van der Waals surface area (Å²) in [6, 6.07) is 5.42. The predicted octanol–water partition coefficient (Wildman–Crippen LogP) is 3.89. The van der Waals surface area contributed by atoms with Crippen LogP contribution in [0.1, 0.15) is 62.1 Å². The van der Waals surface area contributed by atoms with Gasteiger partial charge in [-0.15, -0.1) is 0 Å². The molecule has 0 spiro atoms. The monoisotopic (exact) mass is 221 g/mol. The van der Waals surface area contributed by atoms with Crippen molar-refractivity contribution >= 4 is 0 Å². The van der Waals surface area contributed by atoms with E-state index < -0.39 is 0 Å². The topological polar surface area (TPSA) is 26.0 Å². The summed E-state index contributed by atoms with van der Waals surface area (Å²) in [5, 5.41) is 0. The first kappa shape index (κ1) is 11.6. The molecule has 1 saturated carbocycles. The van der Waals surface area contributed by atoms with Gasteiger partial charge in [0.05, 0.1) is 0 Å². The van der Waals surface area contributed by atoms with E-state index in [0.29, 0.717) is 5.92 Å². The van der Waals surface area contributed by atoms with Crippen molar-refractivity contribution in [2.45, 2.75) is 51.0 Å². The molecule has 1 aliphatic rings.